The number of ether oxygens (including phenoxy) is 1. The van der Waals surface area contributed by atoms with Crippen LogP contribution in [0.2, 0.25) is 5.02 Å². The van der Waals surface area contributed by atoms with Crippen molar-refractivity contribution in [1.29, 1.82) is 0 Å². The van der Waals surface area contributed by atoms with Crippen LogP contribution in [-0.2, 0) is 0 Å². The number of fused-ring (bicyclic) bond motifs is 1. The standard InChI is InChI=1S/C17H18ClNO/c1-12(13-5-4-6-15(18)9-13)19-10-14-11-20-17-8-3-2-7-16(14)17/h2-9,12,14,19H,10-11H2,1H3. The van der Waals surface area contributed by atoms with Crippen molar-refractivity contribution in [3.05, 3.63) is 64.7 Å². The summed E-state index contributed by atoms with van der Waals surface area (Å²) in [6.07, 6.45) is 0. The van der Waals surface area contributed by atoms with Crippen LogP contribution in [0.25, 0.3) is 0 Å². The number of para-hydroxylation sites is 1. The van der Waals surface area contributed by atoms with E-state index in [0.717, 1.165) is 23.9 Å². The van der Waals surface area contributed by atoms with E-state index in [1.54, 1.807) is 0 Å². The number of nitrogens with one attached hydrogen (secondary N) is 1. The average Bonchev–Trinajstić information content (AvgIpc) is 2.88. The molecule has 0 saturated heterocycles. The summed E-state index contributed by atoms with van der Waals surface area (Å²) in [5.74, 6) is 1.45. The molecule has 20 heavy (non-hydrogen) atoms. The molecular formula is C17H18ClNO. The van der Waals surface area contributed by atoms with Crippen molar-refractivity contribution >= 4 is 11.6 Å². The van der Waals surface area contributed by atoms with Gasteiger partial charge < -0.3 is 10.1 Å². The molecule has 2 atom stereocenters. The first-order valence-corrected chi connectivity index (χ1v) is 7.32. The van der Waals surface area contributed by atoms with E-state index in [1.807, 2.05) is 30.3 Å². The molecule has 0 bridgehead atoms. The van der Waals surface area contributed by atoms with Crippen molar-refractivity contribution in [2.75, 3.05) is 13.2 Å². The predicted octanol–water partition coefficient (Wildman–Crippen LogP) is 4.17. The maximum absolute atomic E-state index is 6.04. The van der Waals surface area contributed by atoms with Gasteiger partial charge >= 0.3 is 0 Å². The smallest absolute Gasteiger partial charge is 0.122 e. The molecule has 2 unspecified atom stereocenters. The third-order valence-corrected chi connectivity index (χ3v) is 4.05. The zero-order valence-electron chi connectivity index (χ0n) is 11.5. The Morgan fingerprint density at radius 3 is 2.95 bits per heavy atom. The van der Waals surface area contributed by atoms with Gasteiger partial charge in [-0.2, -0.15) is 0 Å². The molecule has 104 valence electrons. The van der Waals surface area contributed by atoms with Crippen LogP contribution < -0.4 is 10.1 Å². The highest BCUT2D eigenvalue weighted by molar-refractivity contribution is 6.30. The Bertz CT molecular complexity index is 599. The topological polar surface area (TPSA) is 21.3 Å². The zero-order chi connectivity index (χ0) is 13.9. The lowest BCUT2D eigenvalue weighted by Gasteiger charge is -2.17. The van der Waals surface area contributed by atoms with E-state index in [9.17, 15) is 0 Å². The molecule has 1 N–H and O–H groups in total. The number of benzene rings is 2. The highest BCUT2D eigenvalue weighted by Gasteiger charge is 2.23. The van der Waals surface area contributed by atoms with Gasteiger partial charge in [0.25, 0.3) is 0 Å². The molecule has 0 saturated carbocycles. The Hall–Kier alpha value is -1.51. The zero-order valence-corrected chi connectivity index (χ0v) is 12.2. The van der Waals surface area contributed by atoms with Crippen LogP contribution in [0.1, 0.15) is 30.0 Å². The SMILES string of the molecule is CC(NCC1COc2ccccc21)c1cccc(Cl)c1. The molecule has 0 amide bonds. The summed E-state index contributed by atoms with van der Waals surface area (Å²) >= 11 is 6.04. The fraction of sp³-hybridized carbons (Fsp3) is 0.294. The molecule has 2 aromatic carbocycles. The van der Waals surface area contributed by atoms with Crippen LogP contribution in [0.5, 0.6) is 5.75 Å². The monoisotopic (exact) mass is 287 g/mol. The maximum atomic E-state index is 6.04. The van der Waals surface area contributed by atoms with Crippen LogP contribution in [0, 0.1) is 0 Å². The molecule has 0 fully saturated rings. The van der Waals surface area contributed by atoms with Gasteiger partial charge in [-0.3, -0.25) is 0 Å². The van der Waals surface area contributed by atoms with Crippen molar-refractivity contribution in [3.8, 4) is 5.75 Å². The quantitative estimate of drug-likeness (QED) is 0.911. The summed E-state index contributed by atoms with van der Waals surface area (Å²) in [4.78, 5) is 0. The van der Waals surface area contributed by atoms with E-state index in [2.05, 4.69) is 30.4 Å². The Balaban J connectivity index is 1.63. The van der Waals surface area contributed by atoms with Gasteiger partial charge in [-0.1, -0.05) is 41.9 Å². The van der Waals surface area contributed by atoms with E-state index < -0.39 is 0 Å². The summed E-state index contributed by atoms with van der Waals surface area (Å²) < 4.78 is 5.71. The van der Waals surface area contributed by atoms with E-state index in [4.69, 9.17) is 16.3 Å². The van der Waals surface area contributed by atoms with Crippen LogP contribution in [0.4, 0.5) is 0 Å². The molecule has 2 nitrogen and oxygen atoms in total. The second-order valence-electron chi connectivity index (χ2n) is 5.23. The third-order valence-electron chi connectivity index (χ3n) is 3.82. The molecule has 1 heterocycles. The molecule has 0 spiro atoms. The lowest BCUT2D eigenvalue weighted by atomic mass is 10.0. The van der Waals surface area contributed by atoms with Crippen molar-refractivity contribution in [2.45, 2.75) is 18.9 Å². The van der Waals surface area contributed by atoms with Crippen LogP contribution in [-0.4, -0.2) is 13.2 Å². The fourth-order valence-electron chi connectivity index (χ4n) is 2.61. The molecule has 0 aromatic heterocycles. The van der Waals surface area contributed by atoms with Crippen LogP contribution in [0.15, 0.2) is 48.5 Å². The van der Waals surface area contributed by atoms with E-state index in [1.165, 1.54) is 11.1 Å². The minimum Gasteiger partial charge on any atom is -0.493 e. The van der Waals surface area contributed by atoms with Gasteiger partial charge in [0.1, 0.15) is 5.75 Å². The summed E-state index contributed by atoms with van der Waals surface area (Å²) in [6, 6.07) is 16.6. The molecular weight excluding hydrogens is 270 g/mol. The molecule has 1 aliphatic rings. The van der Waals surface area contributed by atoms with E-state index in [0.29, 0.717) is 5.92 Å². The summed E-state index contributed by atoms with van der Waals surface area (Å²) in [6.45, 7) is 3.83. The van der Waals surface area contributed by atoms with Gasteiger partial charge in [-0.05, 0) is 30.7 Å². The first-order valence-electron chi connectivity index (χ1n) is 6.94. The Kier molecular flexibility index (Phi) is 3.95. The number of hydrogen-bond donors (Lipinski definition) is 1. The summed E-state index contributed by atoms with van der Waals surface area (Å²) in [5.41, 5.74) is 2.52. The number of rotatable bonds is 4. The minimum atomic E-state index is 0.279. The Morgan fingerprint density at radius 1 is 1.25 bits per heavy atom. The molecule has 0 radical (unpaired) electrons. The molecule has 3 heteroatoms. The lowest BCUT2D eigenvalue weighted by molar-refractivity contribution is 0.323. The van der Waals surface area contributed by atoms with Crippen molar-refractivity contribution in [1.82, 2.24) is 5.32 Å². The average molecular weight is 288 g/mol. The minimum absolute atomic E-state index is 0.279. The predicted molar refractivity (Wildman–Crippen MR) is 82.5 cm³/mol. The van der Waals surface area contributed by atoms with Crippen LogP contribution >= 0.6 is 11.6 Å². The van der Waals surface area contributed by atoms with Crippen molar-refractivity contribution < 1.29 is 4.74 Å². The maximum Gasteiger partial charge on any atom is 0.122 e. The number of hydrogen-bond acceptors (Lipinski definition) is 2. The van der Waals surface area contributed by atoms with Gasteiger partial charge in [0.15, 0.2) is 0 Å². The van der Waals surface area contributed by atoms with E-state index in [-0.39, 0.29) is 6.04 Å². The Labute approximate surface area is 124 Å². The first kappa shape index (κ1) is 13.5. The normalized spacial score (nSPS) is 18.4. The molecule has 1 aliphatic heterocycles. The largest absolute Gasteiger partial charge is 0.493 e. The first-order chi connectivity index (χ1) is 9.74. The van der Waals surface area contributed by atoms with Crippen molar-refractivity contribution in [2.24, 2.45) is 0 Å². The second-order valence-corrected chi connectivity index (χ2v) is 5.67. The Morgan fingerprint density at radius 2 is 2.10 bits per heavy atom. The van der Waals surface area contributed by atoms with Gasteiger partial charge in [0.05, 0.1) is 6.61 Å². The van der Waals surface area contributed by atoms with Gasteiger partial charge in [-0.15, -0.1) is 0 Å². The van der Waals surface area contributed by atoms with Crippen molar-refractivity contribution in [3.63, 3.8) is 0 Å². The molecule has 3 rings (SSSR count). The van der Waals surface area contributed by atoms with Crippen LogP contribution in [0.3, 0.4) is 0 Å². The third kappa shape index (κ3) is 2.82. The van der Waals surface area contributed by atoms with E-state index >= 15 is 0 Å². The molecule has 2 aromatic rings. The lowest BCUT2D eigenvalue weighted by Crippen LogP contribution is -2.25. The van der Waals surface area contributed by atoms with Gasteiger partial charge in [0, 0.05) is 29.1 Å². The second kappa shape index (κ2) is 5.86. The summed E-state index contributed by atoms with van der Waals surface area (Å²) in [5, 5.41) is 4.35. The highest BCUT2D eigenvalue weighted by atomic mass is 35.5. The van der Waals surface area contributed by atoms with Gasteiger partial charge in [-0.25, -0.2) is 0 Å². The fourth-order valence-corrected chi connectivity index (χ4v) is 2.81. The number of halogens is 1. The molecule has 0 aliphatic carbocycles. The van der Waals surface area contributed by atoms with Gasteiger partial charge in [0.2, 0.25) is 0 Å². The summed E-state index contributed by atoms with van der Waals surface area (Å²) in [7, 11) is 0. The highest BCUT2D eigenvalue weighted by Crippen LogP contribution is 2.33.